The van der Waals surface area contributed by atoms with Crippen molar-refractivity contribution in [2.75, 3.05) is 0 Å². The van der Waals surface area contributed by atoms with Gasteiger partial charge in [0.2, 0.25) is 10.0 Å². The van der Waals surface area contributed by atoms with Crippen LogP contribution in [0.3, 0.4) is 0 Å². The minimum absolute atomic E-state index is 0.0637. The summed E-state index contributed by atoms with van der Waals surface area (Å²) in [4.78, 5) is 12.0. The molecule has 0 radical (unpaired) electrons. The molecule has 2 aromatic rings. The number of sulfonamides is 1. The lowest BCUT2D eigenvalue weighted by Gasteiger charge is -2.15. The number of halogens is 2. The second kappa shape index (κ2) is 6.88. The van der Waals surface area contributed by atoms with Crippen LogP contribution < -0.4 is 5.14 Å². The predicted octanol–water partition coefficient (Wildman–Crippen LogP) is 3.56. The Labute approximate surface area is 144 Å². The average molecular weight is 374 g/mol. The molecule has 0 bridgehead atoms. The first-order valence-electron chi connectivity index (χ1n) is 6.48. The van der Waals surface area contributed by atoms with Crippen LogP contribution in [0.2, 0.25) is 10.0 Å². The number of rotatable bonds is 4. The lowest BCUT2D eigenvalue weighted by molar-refractivity contribution is 0.0338. The summed E-state index contributed by atoms with van der Waals surface area (Å²) in [6.45, 7) is 1.65. The summed E-state index contributed by atoms with van der Waals surface area (Å²) >= 11 is 12.0. The minimum Gasteiger partial charge on any atom is -0.454 e. The van der Waals surface area contributed by atoms with Crippen molar-refractivity contribution in [3.8, 4) is 0 Å². The number of hydrogen-bond acceptors (Lipinski definition) is 4. The van der Waals surface area contributed by atoms with Crippen LogP contribution in [-0.2, 0) is 14.8 Å². The Kier molecular flexibility index (Phi) is 5.31. The second-order valence-electron chi connectivity index (χ2n) is 4.76. The number of hydrogen-bond donors (Lipinski definition) is 1. The highest BCUT2D eigenvalue weighted by Gasteiger charge is 2.20. The van der Waals surface area contributed by atoms with Crippen molar-refractivity contribution in [3.05, 3.63) is 63.6 Å². The topological polar surface area (TPSA) is 86.5 Å². The lowest BCUT2D eigenvalue weighted by atomic mass is 10.1. The molecule has 0 aliphatic rings. The number of carbonyl (C=O) groups is 1. The fourth-order valence-corrected chi connectivity index (χ4v) is 2.95. The molecule has 0 aliphatic carbocycles. The molecule has 0 aliphatic heterocycles. The van der Waals surface area contributed by atoms with E-state index in [9.17, 15) is 13.2 Å². The first kappa shape index (κ1) is 17.7. The average Bonchev–Trinajstić information content (AvgIpc) is 2.46. The number of carbonyl (C=O) groups excluding carboxylic acids is 1. The van der Waals surface area contributed by atoms with Crippen LogP contribution in [0, 0.1) is 0 Å². The van der Waals surface area contributed by atoms with Crippen LogP contribution in [0.4, 0.5) is 0 Å². The van der Waals surface area contributed by atoms with Crippen molar-refractivity contribution >= 4 is 39.2 Å². The van der Waals surface area contributed by atoms with Crippen molar-refractivity contribution < 1.29 is 17.9 Å². The largest absolute Gasteiger partial charge is 0.454 e. The molecule has 0 spiro atoms. The molecule has 0 aromatic heterocycles. The normalized spacial score (nSPS) is 12.7. The molecule has 5 nitrogen and oxygen atoms in total. The number of nitrogens with two attached hydrogens (primary N) is 1. The van der Waals surface area contributed by atoms with Gasteiger partial charge < -0.3 is 4.74 Å². The van der Waals surface area contributed by atoms with Crippen molar-refractivity contribution in [1.29, 1.82) is 0 Å². The van der Waals surface area contributed by atoms with E-state index in [2.05, 4.69) is 0 Å². The summed E-state index contributed by atoms with van der Waals surface area (Å²) in [7, 11) is -3.95. The van der Waals surface area contributed by atoms with Gasteiger partial charge in [0.05, 0.1) is 15.5 Å². The van der Waals surface area contributed by atoms with Crippen LogP contribution in [0.1, 0.15) is 28.9 Å². The molecule has 0 saturated heterocycles. The summed E-state index contributed by atoms with van der Waals surface area (Å²) < 4.78 is 28.1. The van der Waals surface area contributed by atoms with Crippen LogP contribution in [-0.4, -0.2) is 14.4 Å². The first-order chi connectivity index (χ1) is 10.7. The quantitative estimate of drug-likeness (QED) is 0.829. The molecule has 8 heteroatoms. The van der Waals surface area contributed by atoms with Gasteiger partial charge in [-0.1, -0.05) is 41.4 Å². The van der Waals surface area contributed by atoms with E-state index in [0.717, 1.165) is 6.07 Å². The van der Waals surface area contributed by atoms with E-state index in [1.807, 2.05) is 0 Å². The Balaban J connectivity index is 2.29. The van der Waals surface area contributed by atoms with Crippen molar-refractivity contribution in [3.63, 3.8) is 0 Å². The standard InChI is InChI=1S/C15H13Cl2NO4S/c1-9(11-4-2-3-5-13(11)16)22-15(19)12-8-10(23(18,20)21)6-7-14(12)17/h2-9H,1H3,(H2,18,20,21)/t9-/m1/s1. The Morgan fingerprint density at radius 1 is 1.13 bits per heavy atom. The maximum Gasteiger partial charge on any atom is 0.340 e. The summed E-state index contributed by atoms with van der Waals surface area (Å²) in [5, 5.41) is 5.57. The molecule has 2 N–H and O–H groups in total. The Bertz CT molecular complexity index is 852. The fourth-order valence-electron chi connectivity index (χ4n) is 1.93. The molecule has 0 heterocycles. The molecule has 1 atom stereocenters. The molecule has 0 unspecified atom stereocenters. The Morgan fingerprint density at radius 3 is 2.39 bits per heavy atom. The van der Waals surface area contributed by atoms with Gasteiger partial charge in [-0.25, -0.2) is 18.4 Å². The molecule has 0 fully saturated rings. The maximum absolute atomic E-state index is 12.3. The maximum atomic E-state index is 12.3. The van der Waals surface area contributed by atoms with Gasteiger partial charge in [-0.3, -0.25) is 0 Å². The zero-order valence-electron chi connectivity index (χ0n) is 12.0. The molecular weight excluding hydrogens is 361 g/mol. The smallest absolute Gasteiger partial charge is 0.340 e. The zero-order chi connectivity index (χ0) is 17.2. The minimum atomic E-state index is -3.95. The van der Waals surface area contributed by atoms with Crippen LogP contribution in [0.25, 0.3) is 0 Å². The van der Waals surface area contributed by atoms with Gasteiger partial charge in [-0.15, -0.1) is 0 Å². The van der Waals surface area contributed by atoms with Crippen LogP contribution in [0.15, 0.2) is 47.4 Å². The van der Waals surface area contributed by atoms with E-state index in [1.165, 1.54) is 12.1 Å². The molecule has 0 saturated carbocycles. The van der Waals surface area contributed by atoms with Gasteiger partial charge in [-0.05, 0) is 31.2 Å². The van der Waals surface area contributed by atoms with Crippen LogP contribution in [0.5, 0.6) is 0 Å². The van der Waals surface area contributed by atoms with E-state index in [1.54, 1.807) is 31.2 Å². The van der Waals surface area contributed by atoms with Crippen LogP contribution >= 0.6 is 23.2 Å². The monoisotopic (exact) mass is 373 g/mol. The van der Waals surface area contributed by atoms with Gasteiger partial charge in [-0.2, -0.15) is 0 Å². The molecule has 0 amide bonds. The SMILES string of the molecule is C[C@@H](OC(=O)c1cc(S(N)(=O)=O)ccc1Cl)c1ccccc1Cl. The predicted molar refractivity (Wildman–Crippen MR) is 88.1 cm³/mol. The highest BCUT2D eigenvalue weighted by Crippen LogP contribution is 2.27. The van der Waals surface area contributed by atoms with Gasteiger partial charge in [0.1, 0.15) is 6.10 Å². The van der Waals surface area contributed by atoms with E-state index < -0.39 is 22.1 Å². The summed E-state index contributed by atoms with van der Waals surface area (Å²) in [6.07, 6.45) is -0.634. The third kappa shape index (κ3) is 4.23. The number of ether oxygens (including phenoxy) is 1. The molecule has 2 aromatic carbocycles. The summed E-state index contributed by atoms with van der Waals surface area (Å²) in [5.74, 6) is -0.770. The van der Waals surface area contributed by atoms with E-state index in [-0.39, 0.29) is 15.5 Å². The lowest BCUT2D eigenvalue weighted by Crippen LogP contribution is -2.15. The van der Waals surface area contributed by atoms with Gasteiger partial charge >= 0.3 is 5.97 Å². The van der Waals surface area contributed by atoms with E-state index in [4.69, 9.17) is 33.1 Å². The first-order valence-corrected chi connectivity index (χ1v) is 8.78. The van der Waals surface area contributed by atoms with Gasteiger partial charge in [0, 0.05) is 10.6 Å². The molecule has 2 rings (SSSR count). The third-order valence-electron chi connectivity index (χ3n) is 3.11. The number of esters is 1. The molecular formula is C15H13Cl2NO4S. The molecule has 122 valence electrons. The Morgan fingerprint density at radius 2 is 1.78 bits per heavy atom. The highest BCUT2D eigenvalue weighted by molar-refractivity contribution is 7.89. The Hall–Kier alpha value is -1.60. The summed E-state index contributed by atoms with van der Waals surface area (Å²) in [5.41, 5.74) is 0.540. The second-order valence-corrected chi connectivity index (χ2v) is 7.13. The fraction of sp³-hybridized carbons (Fsp3) is 0.133. The highest BCUT2D eigenvalue weighted by atomic mass is 35.5. The van der Waals surface area contributed by atoms with E-state index >= 15 is 0 Å². The van der Waals surface area contributed by atoms with Crippen molar-refractivity contribution in [2.45, 2.75) is 17.9 Å². The third-order valence-corrected chi connectivity index (χ3v) is 4.70. The van der Waals surface area contributed by atoms with Gasteiger partial charge in [0.15, 0.2) is 0 Å². The number of primary sulfonamides is 1. The van der Waals surface area contributed by atoms with E-state index in [0.29, 0.717) is 10.6 Å². The number of benzene rings is 2. The summed E-state index contributed by atoms with van der Waals surface area (Å²) in [6, 6.07) is 10.5. The van der Waals surface area contributed by atoms with Crippen molar-refractivity contribution in [1.82, 2.24) is 0 Å². The van der Waals surface area contributed by atoms with Crippen molar-refractivity contribution in [2.24, 2.45) is 5.14 Å². The zero-order valence-corrected chi connectivity index (χ0v) is 14.3. The van der Waals surface area contributed by atoms with Gasteiger partial charge in [0.25, 0.3) is 0 Å². The molecule has 23 heavy (non-hydrogen) atoms.